The number of alkyl carbamates (subject to hydrolysis) is 1. The van der Waals surface area contributed by atoms with Crippen molar-refractivity contribution in [3.05, 3.63) is 65.2 Å². The maximum Gasteiger partial charge on any atom is 0.407 e. The van der Waals surface area contributed by atoms with E-state index in [-0.39, 0.29) is 18.7 Å². The smallest absolute Gasteiger partial charge is 0.407 e. The Kier molecular flexibility index (Phi) is 6.59. The maximum absolute atomic E-state index is 13.3. The number of amides is 1. The second-order valence-corrected chi connectivity index (χ2v) is 5.37. The Balaban J connectivity index is 1.86. The van der Waals surface area contributed by atoms with Crippen molar-refractivity contribution in [3.63, 3.8) is 0 Å². The average molecular weight is 364 g/mol. The average Bonchev–Trinajstić information content (AvgIpc) is 2.64. The molecule has 2 atom stereocenters. The Hall–Kier alpha value is -3.04. The third-order valence-corrected chi connectivity index (χ3v) is 3.46. The molecule has 2 unspecified atom stereocenters. The summed E-state index contributed by atoms with van der Waals surface area (Å²) in [5.74, 6) is -2.76. The van der Waals surface area contributed by atoms with Crippen molar-refractivity contribution >= 4 is 12.1 Å². The summed E-state index contributed by atoms with van der Waals surface area (Å²) in [7, 11) is 0. The molecule has 1 aromatic heterocycles. The van der Waals surface area contributed by atoms with Crippen molar-refractivity contribution in [2.75, 3.05) is 6.54 Å². The molecule has 0 aliphatic heterocycles. The van der Waals surface area contributed by atoms with Crippen LogP contribution in [0.1, 0.15) is 27.6 Å². The number of carboxylic acids is 1. The Labute approximate surface area is 147 Å². The lowest BCUT2D eigenvalue weighted by Crippen LogP contribution is -2.35. The third kappa shape index (κ3) is 5.23. The molecule has 2 aromatic rings. The van der Waals surface area contributed by atoms with Crippen molar-refractivity contribution in [1.82, 2.24) is 10.3 Å². The van der Waals surface area contributed by atoms with Crippen LogP contribution in [0.2, 0.25) is 0 Å². The van der Waals surface area contributed by atoms with Gasteiger partial charge in [-0.3, -0.25) is 0 Å². The van der Waals surface area contributed by atoms with Gasteiger partial charge in [0.2, 0.25) is 5.95 Å². The van der Waals surface area contributed by atoms with E-state index in [4.69, 9.17) is 9.84 Å². The third-order valence-electron chi connectivity index (χ3n) is 3.46. The quantitative estimate of drug-likeness (QED) is 0.544. The first-order chi connectivity index (χ1) is 12.4. The summed E-state index contributed by atoms with van der Waals surface area (Å²) in [5.41, 5.74) is -0.0541. The monoisotopic (exact) mass is 364 g/mol. The summed E-state index contributed by atoms with van der Waals surface area (Å²) in [6.45, 7) is -0.330. The highest BCUT2D eigenvalue weighted by molar-refractivity contribution is 5.87. The van der Waals surface area contributed by atoms with E-state index in [1.165, 1.54) is 0 Å². The van der Waals surface area contributed by atoms with Gasteiger partial charge < -0.3 is 25.4 Å². The van der Waals surface area contributed by atoms with Gasteiger partial charge >= 0.3 is 12.1 Å². The highest BCUT2D eigenvalue weighted by atomic mass is 19.1. The van der Waals surface area contributed by atoms with E-state index < -0.39 is 35.8 Å². The number of hydrogen-bond donors (Lipinski definition) is 4. The second kappa shape index (κ2) is 8.88. The number of hydrogen-bond acceptors (Lipinski definition) is 6. The van der Waals surface area contributed by atoms with Gasteiger partial charge in [-0.25, -0.2) is 14.6 Å². The molecule has 0 saturated carbocycles. The lowest BCUT2D eigenvalue weighted by molar-refractivity contribution is 0.0180. The number of aliphatic hydroxyl groups is 2. The number of aliphatic hydroxyl groups excluding tert-OH is 2. The zero-order valence-electron chi connectivity index (χ0n) is 13.5. The Bertz CT molecular complexity index is 771. The van der Waals surface area contributed by atoms with Crippen LogP contribution in [0.4, 0.5) is 9.18 Å². The molecule has 1 aromatic carbocycles. The van der Waals surface area contributed by atoms with Crippen LogP contribution in [0, 0.1) is 5.95 Å². The number of rotatable bonds is 7. The Morgan fingerprint density at radius 3 is 2.58 bits per heavy atom. The number of halogens is 1. The van der Waals surface area contributed by atoms with Crippen LogP contribution >= 0.6 is 0 Å². The van der Waals surface area contributed by atoms with E-state index in [9.17, 15) is 24.2 Å². The summed E-state index contributed by atoms with van der Waals surface area (Å²) in [6, 6.07) is 9.81. The zero-order chi connectivity index (χ0) is 19.1. The fourth-order valence-electron chi connectivity index (χ4n) is 2.07. The van der Waals surface area contributed by atoms with Crippen LogP contribution in [-0.2, 0) is 11.3 Å². The van der Waals surface area contributed by atoms with Crippen molar-refractivity contribution < 1.29 is 34.0 Å². The first-order valence-corrected chi connectivity index (χ1v) is 7.58. The molecule has 2 rings (SSSR count). The number of aromatic nitrogens is 1. The van der Waals surface area contributed by atoms with E-state index >= 15 is 0 Å². The summed E-state index contributed by atoms with van der Waals surface area (Å²) in [4.78, 5) is 25.7. The molecule has 0 fully saturated rings. The Morgan fingerprint density at radius 2 is 1.92 bits per heavy atom. The van der Waals surface area contributed by atoms with Crippen LogP contribution in [0.15, 0.2) is 42.6 Å². The van der Waals surface area contributed by atoms with Gasteiger partial charge in [-0.1, -0.05) is 30.3 Å². The number of benzene rings is 1. The minimum Gasteiger partial charge on any atom is -0.478 e. The summed E-state index contributed by atoms with van der Waals surface area (Å²) in [5, 5.41) is 31.0. The number of nitrogens with zero attached hydrogens (tertiary/aromatic N) is 1. The van der Waals surface area contributed by atoms with E-state index in [1.54, 1.807) is 24.3 Å². The summed E-state index contributed by atoms with van der Waals surface area (Å²) < 4.78 is 18.2. The van der Waals surface area contributed by atoms with Gasteiger partial charge in [-0.2, -0.15) is 4.39 Å². The van der Waals surface area contributed by atoms with Crippen LogP contribution < -0.4 is 5.32 Å². The molecule has 1 heterocycles. The van der Waals surface area contributed by atoms with Crippen LogP contribution in [0.25, 0.3) is 0 Å². The number of ether oxygens (including phenoxy) is 1. The van der Waals surface area contributed by atoms with Crippen molar-refractivity contribution in [2.24, 2.45) is 0 Å². The molecule has 0 radical (unpaired) electrons. The molecule has 138 valence electrons. The summed E-state index contributed by atoms with van der Waals surface area (Å²) >= 11 is 0. The van der Waals surface area contributed by atoms with E-state index in [0.29, 0.717) is 0 Å². The van der Waals surface area contributed by atoms with Gasteiger partial charge in [0.15, 0.2) is 0 Å². The van der Waals surface area contributed by atoms with E-state index in [0.717, 1.165) is 17.8 Å². The molecular weight excluding hydrogens is 347 g/mol. The predicted molar refractivity (Wildman–Crippen MR) is 86.8 cm³/mol. The molecule has 8 nitrogen and oxygen atoms in total. The van der Waals surface area contributed by atoms with Crippen molar-refractivity contribution in [3.8, 4) is 0 Å². The molecule has 26 heavy (non-hydrogen) atoms. The molecule has 9 heteroatoms. The van der Waals surface area contributed by atoms with E-state index in [1.807, 2.05) is 6.07 Å². The topological polar surface area (TPSA) is 129 Å². The van der Waals surface area contributed by atoms with Gasteiger partial charge in [0, 0.05) is 18.3 Å². The van der Waals surface area contributed by atoms with Gasteiger partial charge in [0.05, 0.1) is 0 Å². The van der Waals surface area contributed by atoms with Crippen LogP contribution in [0.3, 0.4) is 0 Å². The van der Waals surface area contributed by atoms with Gasteiger partial charge in [-0.15, -0.1) is 0 Å². The first kappa shape index (κ1) is 19.3. The highest BCUT2D eigenvalue weighted by Gasteiger charge is 2.22. The van der Waals surface area contributed by atoms with Crippen molar-refractivity contribution in [1.29, 1.82) is 0 Å². The molecular formula is C17H17FN2O6. The largest absolute Gasteiger partial charge is 0.478 e. The highest BCUT2D eigenvalue weighted by Crippen LogP contribution is 2.18. The number of pyridine rings is 1. The minimum atomic E-state index is -1.57. The lowest BCUT2D eigenvalue weighted by Gasteiger charge is -2.18. The maximum atomic E-state index is 13.3. The molecule has 0 saturated heterocycles. The minimum absolute atomic E-state index is 0.0369. The standard InChI is InChI=1S/C17H17FN2O6/c18-15-12(16(23)24)6-11(7-19-15)14(22)13(21)8-20-17(25)26-9-10-4-2-1-3-5-10/h1-7,13-14,21-22H,8-9H2,(H,20,25)(H,23,24). The van der Waals surface area contributed by atoms with Crippen LogP contribution in [-0.4, -0.2) is 45.0 Å². The molecule has 0 aliphatic rings. The van der Waals surface area contributed by atoms with E-state index in [2.05, 4.69) is 10.3 Å². The van der Waals surface area contributed by atoms with Gasteiger partial charge in [-0.05, 0) is 11.6 Å². The fraction of sp³-hybridized carbons (Fsp3) is 0.235. The zero-order valence-corrected chi connectivity index (χ0v) is 13.5. The van der Waals surface area contributed by atoms with Gasteiger partial charge in [0.1, 0.15) is 24.4 Å². The summed E-state index contributed by atoms with van der Waals surface area (Å²) in [6.07, 6.45) is -2.95. The Morgan fingerprint density at radius 1 is 1.23 bits per heavy atom. The number of carboxylic acid groups (broad SMARTS) is 1. The molecule has 0 spiro atoms. The lowest BCUT2D eigenvalue weighted by atomic mass is 10.0. The number of aromatic carboxylic acids is 1. The first-order valence-electron chi connectivity index (χ1n) is 7.58. The van der Waals surface area contributed by atoms with Gasteiger partial charge in [0.25, 0.3) is 0 Å². The normalized spacial score (nSPS) is 12.9. The SMILES string of the molecule is O=C(NCC(O)C(O)c1cnc(F)c(C(=O)O)c1)OCc1ccccc1. The fourth-order valence-corrected chi connectivity index (χ4v) is 2.07. The molecule has 1 amide bonds. The number of carbonyl (C=O) groups is 2. The molecule has 4 N–H and O–H groups in total. The van der Waals surface area contributed by atoms with Crippen molar-refractivity contribution in [2.45, 2.75) is 18.8 Å². The predicted octanol–water partition coefficient (Wildman–Crippen LogP) is 1.24. The number of nitrogens with one attached hydrogen (secondary N) is 1. The second-order valence-electron chi connectivity index (χ2n) is 5.37. The van der Waals surface area contributed by atoms with Crippen LogP contribution in [0.5, 0.6) is 0 Å². The molecule has 0 aliphatic carbocycles. The number of carbonyl (C=O) groups excluding carboxylic acids is 1. The molecule has 0 bridgehead atoms.